The third-order valence-electron chi connectivity index (χ3n) is 10.8. The molecule has 0 unspecified atom stereocenters. The molecule has 0 aliphatic rings. The normalized spacial score (nSPS) is 11.6. The Bertz CT molecular complexity index is 3160. The van der Waals surface area contributed by atoms with E-state index in [-0.39, 0.29) is 0 Å². The van der Waals surface area contributed by atoms with Crippen LogP contribution in [0, 0.1) is 0 Å². The Labute approximate surface area is 323 Å². The van der Waals surface area contributed by atoms with Gasteiger partial charge in [-0.1, -0.05) is 109 Å². The van der Waals surface area contributed by atoms with E-state index in [1.165, 1.54) is 27.4 Å². The van der Waals surface area contributed by atoms with Crippen molar-refractivity contribution in [3.05, 3.63) is 200 Å². The third-order valence-corrected chi connectivity index (χ3v) is 10.8. The van der Waals surface area contributed by atoms with E-state index in [0.717, 1.165) is 67.0 Å². The zero-order valence-electron chi connectivity index (χ0n) is 30.3. The Kier molecular flexibility index (Phi) is 7.42. The Balaban J connectivity index is 1.03. The number of para-hydroxylation sites is 2. The number of pyridine rings is 1. The smallest absolute Gasteiger partial charge is 0.160 e. The second-order valence-corrected chi connectivity index (χ2v) is 14.1. The van der Waals surface area contributed by atoms with Crippen molar-refractivity contribution in [1.82, 2.24) is 24.1 Å². The van der Waals surface area contributed by atoms with Gasteiger partial charge in [0.2, 0.25) is 0 Å². The molecule has 4 aromatic heterocycles. The SMILES string of the molecule is c1ccc(-c2cc(-c3ccccc3)nc(-c3ccc(-n4c5cc(-c6ccc7c(c6)c6ccccc6n7-c6ccccc6)ccc5c5ncccc54)cc3)n2)cc1. The number of fused-ring (bicyclic) bond motifs is 6. The van der Waals surface area contributed by atoms with E-state index in [2.05, 4.69) is 161 Å². The molecule has 0 aliphatic carbocycles. The highest BCUT2D eigenvalue weighted by molar-refractivity contribution is 6.11. The minimum Gasteiger partial charge on any atom is -0.309 e. The van der Waals surface area contributed by atoms with Crippen LogP contribution in [0.25, 0.3) is 100 Å². The molecule has 4 heterocycles. The molecule has 56 heavy (non-hydrogen) atoms. The molecule has 5 heteroatoms. The monoisotopic (exact) mass is 715 g/mol. The van der Waals surface area contributed by atoms with E-state index >= 15 is 0 Å². The van der Waals surface area contributed by atoms with Gasteiger partial charge in [0.15, 0.2) is 5.82 Å². The molecular formula is C51H33N5. The lowest BCUT2D eigenvalue weighted by Gasteiger charge is -2.12. The second kappa shape index (κ2) is 13.0. The highest BCUT2D eigenvalue weighted by Gasteiger charge is 2.17. The van der Waals surface area contributed by atoms with Gasteiger partial charge in [0.05, 0.1) is 39.0 Å². The van der Waals surface area contributed by atoms with Crippen molar-refractivity contribution in [2.45, 2.75) is 0 Å². The lowest BCUT2D eigenvalue weighted by atomic mass is 10.0. The van der Waals surface area contributed by atoms with E-state index in [9.17, 15) is 0 Å². The van der Waals surface area contributed by atoms with Crippen LogP contribution in [0.2, 0.25) is 0 Å². The second-order valence-electron chi connectivity index (χ2n) is 14.1. The van der Waals surface area contributed by atoms with Crippen molar-refractivity contribution in [1.29, 1.82) is 0 Å². The Morgan fingerprint density at radius 1 is 0.321 bits per heavy atom. The number of nitrogens with zero attached hydrogens (tertiary/aromatic N) is 5. The summed E-state index contributed by atoms with van der Waals surface area (Å²) >= 11 is 0. The average Bonchev–Trinajstić information content (AvgIpc) is 3.79. The zero-order chi connectivity index (χ0) is 37.0. The molecule has 0 aliphatic heterocycles. The first-order valence-corrected chi connectivity index (χ1v) is 18.9. The fourth-order valence-electron chi connectivity index (χ4n) is 8.15. The molecule has 0 saturated heterocycles. The van der Waals surface area contributed by atoms with Gasteiger partial charge < -0.3 is 9.13 Å². The van der Waals surface area contributed by atoms with Gasteiger partial charge in [-0.2, -0.15) is 0 Å². The van der Waals surface area contributed by atoms with E-state index in [4.69, 9.17) is 15.0 Å². The van der Waals surface area contributed by atoms with Crippen LogP contribution in [-0.2, 0) is 0 Å². The fourth-order valence-corrected chi connectivity index (χ4v) is 8.15. The van der Waals surface area contributed by atoms with E-state index in [0.29, 0.717) is 5.82 Å². The summed E-state index contributed by atoms with van der Waals surface area (Å²) in [5, 5.41) is 3.58. The lowest BCUT2D eigenvalue weighted by molar-refractivity contribution is 1.16. The molecule has 0 saturated carbocycles. The highest BCUT2D eigenvalue weighted by Crippen LogP contribution is 2.38. The first-order chi connectivity index (χ1) is 27.8. The van der Waals surface area contributed by atoms with Gasteiger partial charge in [-0.3, -0.25) is 4.98 Å². The van der Waals surface area contributed by atoms with Crippen molar-refractivity contribution in [2.24, 2.45) is 0 Å². The number of aromatic nitrogens is 5. The van der Waals surface area contributed by atoms with Crippen LogP contribution in [0.5, 0.6) is 0 Å². The summed E-state index contributed by atoms with van der Waals surface area (Å²) in [7, 11) is 0. The maximum atomic E-state index is 5.07. The standard InChI is InChI=1S/C51H33N5/c1-4-13-34(14-5-1)44-33-45(35-15-6-2-7-16-35)54-51(53-44)36-22-26-40(27-23-36)56-48-21-12-30-52-50(48)42-28-24-38(32-49(42)56)37-25-29-47-43(31-37)41-19-10-11-20-46(41)55(47)39-17-8-3-9-18-39/h1-33H. The van der Waals surface area contributed by atoms with Crippen molar-refractivity contribution >= 4 is 43.7 Å². The lowest BCUT2D eigenvalue weighted by Crippen LogP contribution is -1.97. The van der Waals surface area contributed by atoms with Crippen molar-refractivity contribution in [3.63, 3.8) is 0 Å². The highest BCUT2D eigenvalue weighted by atomic mass is 15.0. The largest absolute Gasteiger partial charge is 0.309 e. The summed E-state index contributed by atoms with van der Waals surface area (Å²) < 4.78 is 4.68. The van der Waals surface area contributed by atoms with Gasteiger partial charge in [0.1, 0.15) is 0 Å². The van der Waals surface area contributed by atoms with Crippen molar-refractivity contribution in [2.75, 3.05) is 0 Å². The maximum absolute atomic E-state index is 5.07. The summed E-state index contributed by atoms with van der Waals surface area (Å²) in [6.07, 6.45) is 1.88. The molecule has 0 N–H and O–H groups in total. The molecule has 0 radical (unpaired) electrons. The van der Waals surface area contributed by atoms with Crippen LogP contribution >= 0.6 is 0 Å². The molecule has 0 spiro atoms. The maximum Gasteiger partial charge on any atom is 0.160 e. The number of rotatable bonds is 6. The molecule has 0 atom stereocenters. The predicted octanol–water partition coefficient (Wildman–Crippen LogP) is 12.7. The average molecular weight is 716 g/mol. The minimum absolute atomic E-state index is 0.687. The summed E-state index contributed by atoms with van der Waals surface area (Å²) in [5.74, 6) is 0.687. The van der Waals surface area contributed by atoms with Gasteiger partial charge in [-0.15, -0.1) is 0 Å². The summed E-state index contributed by atoms with van der Waals surface area (Å²) in [6, 6.07) is 68.3. The van der Waals surface area contributed by atoms with Gasteiger partial charge >= 0.3 is 0 Å². The van der Waals surface area contributed by atoms with Crippen molar-refractivity contribution in [3.8, 4) is 56.4 Å². The fraction of sp³-hybridized carbons (Fsp3) is 0. The predicted molar refractivity (Wildman–Crippen MR) is 230 cm³/mol. The molecular weight excluding hydrogens is 683 g/mol. The minimum atomic E-state index is 0.687. The molecule has 0 bridgehead atoms. The van der Waals surface area contributed by atoms with E-state index in [1.54, 1.807) is 0 Å². The molecule has 0 fully saturated rings. The molecule has 0 amide bonds. The Hall–Kier alpha value is -7.63. The van der Waals surface area contributed by atoms with Crippen LogP contribution in [0.15, 0.2) is 200 Å². The van der Waals surface area contributed by atoms with Gasteiger partial charge in [-0.25, -0.2) is 9.97 Å². The number of benzene rings is 7. The summed E-state index contributed by atoms with van der Waals surface area (Å²) in [6.45, 7) is 0. The van der Waals surface area contributed by atoms with Crippen LogP contribution in [0.3, 0.4) is 0 Å². The summed E-state index contributed by atoms with van der Waals surface area (Å²) in [5.41, 5.74) is 14.9. The Morgan fingerprint density at radius 3 is 1.61 bits per heavy atom. The zero-order valence-corrected chi connectivity index (χ0v) is 30.3. The first-order valence-electron chi connectivity index (χ1n) is 18.9. The molecule has 7 aromatic carbocycles. The van der Waals surface area contributed by atoms with Gasteiger partial charge in [0.25, 0.3) is 0 Å². The van der Waals surface area contributed by atoms with Crippen LogP contribution in [0.1, 0.15) is 0 Å². The number of hydrogen-bond acceptors (Lipinski definition) is 3. The molecule has 262 valence electrons. The summed E-state index contributed by atoms with van der Waals surface area (Å²) in [4.78, 5) is 15.0. The molecule has 11 rings (SSSR count). The van der Waals surface area contributed by atoms with E-state index in [1.807, 2.05) is 48.7 Å². The van der Waals surface area contributed by atoms with E-state index < -0.39 is 0 Å². The first kappa shape index (κ1) is 31.9. The van der Waals surface area contributed by atoms with Crippen LogP contribution in [-0.4, -0.2) is 24.1 Å². The third kappa shape index (κ3) is 5.29. The van der Waals surface area contributed by atoms with Crippen molar-refractivity contribution < 1.29 is 0 Å². The molecule has 5 nitrogen and oxygen atoms in total. The topological polar surface area (TPSA) is 48.5 Å². The van der Waals surface area contributed by atoms with Crippen LogP contribution < -0.4 is 0 Å². The quantitative estimate of drug-likeness (QED) is 0.172. The number of hydrogen-bond donors (Lipinski definition) is 0. The van der Waals surface area contributed by atoms with Gasteiger partial charge in [-0.05, 0) is 96.1 Å². The Morgan fingerprint density at radius 2 is 0.875 bits per heavy atom. The van der Waals surface area contributed by atoms with Crippen LogP contribution in [0.4, 0.5) is 0 Å². The molecule has 11 aromatic rings. The van der Waals surface area contributed by atoms with Gasteiger partial charge in [0, 0.05) is 50.4 Å².